The lowest BCUT2D eigenvalue weighted by Gasteiger charge is -2.08. The van der Waals surface area contributed by atoms with E-state index in [9.17, 15) is 9.90 Å². The maximum atomic E-state index is 11.6. The van der Waals surface area contributed by atoms with Crippen LogP contribution in [0.3, 0.4) is 0 Å². The van der Waals surface area contributed by atoms with Gasteiger partial charge in [0, 0.05) is 43.8 Å². The summed E-state index contributed by atoms with van der Waals surface area (Å²) in [6.07, 6.45) is 0. The van der Waals surface area contributed by atoms with Crippen LogP contribution in [-0.4, -0.2) is 50.7 Å². The Kier molecular flexibility index (Phi) is 5.91. The molecule has 8 bridgehead atoms. The average molecular weight is 651 g/mol. The molecule has 0 atom stereocenters. The van der Waals surface area contributed by atoms with Gasteiger partial charge in [0.1, 0.15) is 11.3 Å². The molecule has 0 amide bonds. The molecule has 236 valence electrons. The summed E-state index contributed by atoms with van der Waals surface area (Å²) in [7, 11) is 0. The molecule has 5 aromatic carbocycles. The van der Waals surface area contributed by atoms with Crippen molar-refractivity contribution in [1.29, 1.82) is 0 Å². The quantitative estimate of drug-likeness (QED) is 0.195. The molecule has 11 nitrogen and oxygen atoms in total. The third-order valence-corrected chi connectivity index (χ3v) is 8.87. The van der Waals surface area contributed by atoms with E-state index in [1.807, 2.05) is 97.1 Å². The van der Waals surface area contributed by atoms with E-state index in [0.717, 1.165) is 43.8 Å². The van der Waals surface area contributed by atoms with E-state index in [2.05, 4.69) is 4.98 Å². The molecule has 2 aliphatic heterocycles. The van der Waals surface area contributed by atoms with Crippen LogP contribution in [0, 0.1) is 0 Å². The highest BCUT2D eigenvalue weighted by atomic mass is 16.7. The summed E-state index contributed by atoms with van der Waals surface area (Å²) < 4.78 is 1.55. The standard InChI is InChI=1S/C39H22N8O3/c48-39(49)21-17-19-22(20-18-21)50-47-37-29-15-7-8-16-30(29)38(47)46-36-28-14-6-4-12-26(28)34(44-36)42-32-24-10-2-1-9-23(24)31(40-32)41-33-25-11-3-5-13-27(25)35(43-33)45-37/h1-20H,(H,48,49)(H,40,41,42,43,44,45,46). The van der Waals surface area contributed by atoms with Gasteiger partial charge in [0.25, 0.3) is 0 Å². The number of hydrogen-bond donors (Lipinski definition) is 2. The van der Waals surface area contributed by atoms with Gasteiger partial charge < -0.3 is 14.9 Å². The zero-order valence-electron chi connectivity index (χ0n) is 25.9. The molecule has 10 rings (SSSR count). The van der Waals surface area contributed by atoms with Gasteiger partial charge in [-0.05, 0) is 24.3 Å². The van der Waals surface area contributed by atoms with E-state index in [0.29, 0.717) is 51.6 Å². The van der Waals surface area contributed by atoms with Gasteiger partial charge in [0.2, 0.25) is 0 Å². The Bertz CT molecular complexity index is 2730. The van der Waals surface area contributed by atoms with Crippen LogP contribution < -0.4 is 4.84 Å². The highest BCUT2D eigenvalue weighted by Crippen LogP contribution is 2.37. The number of carboxylic acid groups (broad SMARTS) is 1. The van der Waals surface area contributed by atoms with Crippen LogP contribution in [0.4, 0.5) is 0 Å². The van der Waals surface area contributed by atoms with Gasteiger partial charge in [-0.25, -0.2) is 34.7 Å². The molecule has 3 aromatic heterocycles. The first-order chi connectivity index (χ1) is 24.6. The lowest BCUT2D eigenvalue weighted by atomic mass is 10.1. The molecule has 11 heteroatoms. The number of H-pyrrole nitrogens is 1. The van der Waals surface area contributed by atoms with Crippen LogP contribution >= 0.6 is 0 Å². The average Bonchev–Trinajstić information content (AvgIpc) is 3.87. The predicted molar refractivity (Wildman–Crippen MR) is 189 cm³/mol. The van der Waals surface area contributed by atoms with Crippen molar-refractivity contribution in [2.45, 2.75) is 0 Å². The van der Waals surface area contributed by atoms with Gasteiger partial charge in [-0.15, -0.1) is 4.73 Å². The highest BCUT2D eigenvalue weighted by molar-refractivity contribution is 6.06. The van der Waals surface area contributed by atoms with E-state index in [-0.39, 0.29) is 5.56 Å². The highest BCUT2D eigenvalue weighted by Gasteiger charge is 2.23. The number of rotatable bonds is 3. The molecule has 0 unspecified atom stereocenters. The van der Waals surface area contributed by atoms with Gasteiger partial charge in [0.15, 0.2) is 40.3 Å². The summed E-state index contributed by atoms with van der Waals surface area (Å²) in [5.41, 5.74) is 5.54. The van der Waals surface area contributed by atoms with E-state index >= 15 is 0 Å². The fraction of sp³-hybridized carbons (Fsp3) is 0. The molecule has 0 saturated heterocycles. The summed E-state index contributed by atoms with van der Waals surface area (Å²) in [6.45, 7) is 0. The number of aromatic nitrogens is 8. The summed E-state index contributed by atoms with van der Waals surface area (Å²) in [5, 5.41) is 12.8. The Hall–Kier alpha value is -7.27. The third-order valence-electron chi connectivity index (χ3n) is 8.87. The minimum atomic E-state index is -1.03. The number of benzene rings is 5. The fourth-order valence-electron chi connectivity index (χ4n) is 6.51. The van der Waals surface area contributed by atoms with Crippen molar-refractivity contribution in [1.82, 2.24) is 39.6 Å². The topological polar surface area (TPSA) is 145 Å². The van der Waals surface area contributed by atoms with E-state index in [1.54, 1.807) is 16.9 Å². The Morgan fingerprint density at radius 3 is 1.34 bits per heavy atom. The molecule has 2 N–H and O–H groups in total. The Morgan fingerprint density at radius 2 is 0.900 bits per heavy atom. The van der Waals surface area contributed by atoms with E-state index < -0.39 is 5.97 Å². The van der Waals surface area contributed by atoms with E-state index in [1.165, 1.54) is 12.1 Å². The zero-order chi connectivity index (χ0) is 33.3. The van der Waals surface area contributed by atoms with Gasteiger partial charge >= 0.3 is 5.97 Å². The van der Waals surface area contributed by atoms with Crippen LogP contribution in [0.5, 0.6) is 5.75 Å². The molecular formula is C39H22N8O3. The van der Waals surface area contributed by atoms with Crippen molar-refractivity contribution in [3.8, 4) is 51.3 Å². The molecular weight excluding hydrogens is 628 g/mol. The first-order valence-electron chi connectivity index (χ1n) is 15.8. The SMILES string of the molecule is O=C(O)c1ccc(On2c3nc4nc(nc5[nH]c(nc6nc(nc2c2ccccc23)-c2ccccc2-6)c2ccccc52)-c2ccccc2-4)cc1. The number of fused-ring (bicyclic) bond motifs is 20. The fourth-order valence-corrected chi connectivity index (χ4v) is 6.51. The molecule has 50 heavy (non-hydrogen) atoms. The largest absolute Gasteiger partial charge is 0.478 e. The van der Waals surface area contributed by atoms with Gasteiger partial charge in [-0.3, -0.25) is 0 Å². The molecule has 0 fully saturated rings. The second-order valence-electron chi connectivity index (χ2n) is 11.8. The number of carboxylic acids is 1. The third kappa shape index (κ3) is 4.27. The lowest BCUT2D eigenvalue weighted by molar-refractivity contribution is 0.0696. The van der Waals surface area contributed by atoms with Crippen LogP contribution in [-0.2, 0) is 0 Å². The number of aromatic carboxylic acids is 1. The maximum absolute atomic E-state index is 11.6. The van der Waals surface area contributed by atoms with Crippen molar-refractivity contribution >= 4 is 50.1 Å². The van der Waals surface area contributed by atoms with Crippen LogP contribution in [0.2, 0.25) is 0 Å². The van der Waals surface area contributed by atoms with Crippen molar-refractivity contribution < 1.29 is 14.7 Å². The Labute approximate surface area is 282 Å². The van der Waals surface area contributed by atoms with Crippen molar-refractivity contribution in [3.05, 3.63) is 127 Å². The second-order valence-corrected chi connectivity index (χ2v) is 11.8. The lowest BCUT2D eigenvalue weighted by Crippen LogP contribution is -2.07. The van der Waals surface area contributed by atoms with Crippen LogP contribution in [0.1, 0.15) is 10.4 Å². The summed E-state index contributed by atoms with van der Waals surface area (Å²) in [6, 6.07) is 37.6. The Morgan fingerprint density at radius 1 is 0.500 bits per heavy atom. The van der Waals surface area contributed by atoms with Crippen molar-refractivity contribution in [2.75, 3.05) is 0 Å². The first-order valence-corrected chi connectivity index (χ1v) is 15.8. The van der Waals surface area contributed by atoms with Crippen LogP contribution in [0.15, 0.2) is 121 Å². The van der Waals surface area contributed by atoms with Gasteiger partial charge in [-0.1, -0.05) is 97.1 Å². The maximum Gasteiger partial charge on any atom is 0.335 e. The van der Waals surface area contributed by atoms with Crippen molar-refractivity contribution in [3.63, 3.8) is 0 Å². The predicted octanol–water partition coefficient (Wildman–Crippen LogP) is 7.88. The monoisotopic (exact) mass is 650 g/mol. The Balaban J connectivity index is 1.39. The normalized spacial score (nSPS) is 11.8. The molecule has 2 aliphatic rings. The minimum Gasteiger partial charge on any atom is -0.478 e. The van der Waals surface area contributed by atoms with Gasteiger partial charge in [-0.2, -0.15) is 0 Å². The smallest absolute Gasteiger partial charge is 0.335 e. The summed E-state index contributed by atoms with van der Waals surface area (Å²) >= 11 is 0. The molecule has 0 aliphatic carbocycles. The molecule has 0 radical (unpaired) electrons. The summed E-state index contributed by atoms with van der Waals surface area (Å²) in [4.78, 5) is 51.9. The van der Waals surface area contributed by atoms with Gasteiger partial charge in [0.05, 0.1) is 5.56 Å². The molecule has 5 heterocycles. The number of hydrogen-bond acceptors (Lipinski definition) is 8. The van der Waals surface area contributed by atoms with E-state index in [4.69, 9.17) is 34.7 Å². The number of carbonyl (C=O) groups is 1. The number of nitrogens with zero attached hydrogens (tertiary/aromatic N) is 7. The molecule has 8 aromatic rings. The summed E-state index contributed by atoms with van der Waals surface area (Å²) in [5.74, 6) is 1.26. The number of aromatic amines is 1. The van der Waals surface area contributed by atoms with Crippen LogP contribution in [0.25, 0.3) is 89.7 Å². The molecule has 0 spiro atoms. The first kappa shape index (κ1) is 27.8. The second kappa shape index (κ2) is 10.6. The molecule has 0 saturated carbocycles. The minimum absolute atomic E-state index is 0.139. The van der Waals surface area contributed by atoms with Crippen molar-refractivity contribution in [2.24, 2.45) is 0 Å². The number of nitrogens with one attached hydrogen (secondary N) is 1. The zero-order valence-corrected chi connectivity index (χ0v) is 25.9.